The molecular formula is C5H7N3O. The second-order valence-corrected chi connectivity index (χ2v) is 1.63. The van der Waals surface area contributed by atoms with Gasteiger partial charge in [0.25, 0.3) is 0 Å². The zero-order valence-electron chi connectivity index (χ0n) is 5.09. The van der Waals surface area contributed by atoms with E-state index in [0.717, 1.165) is 12.1 Å². The van der Waals surface area contributed by atoms with E-state index >= 15 is 0 Å². The monoisotopic (exact) mass is 125 g/mol. The molecule has 0 atom stereocenters. The summed E-state index contributed by atoms with van der Waals surface area (Å²) in [6.07, 6.45) is 2.29. The molecule has 0 aliphatic carbocycles. The Morgan fingerprint density at radius 3 is 3.00 bits per heavy atom. The number of hydrogen-bond acceptors (Lipinski definition) is 3. The number of aromatic nitrogens is 3. The Morgan fingerprint density at radius 1 is 1.78 bits per heavy atom. The summed E-state index contributed by atoms with van der Waals surface area (Å²) in [7, 11) is 0. The highest BCUT2D eigenvalue weighted by Gasteiger charge is 1.88. The minimum Gasteiger partial charge on any atom is -0.244 e. The molecule has 0 aliphatic heterocycles. The minimum atomic E-state index is -0.380. The molecule has 1 N–H and O–H groups in total. The van der Waals surface area contributed by atoms with E-state index in [0.29, 0.717) is 0 Å². The number of nitrogens with zero attached hydrogens (tertiary/aromatic N) is 2. The minimum absolute atomic E-state index is 0.380. The number of hydrogen-bond donors (Lipinski definition) is 1. The molecule has 4 heteroatoms. The van der Waals surface area contributed by atoms with Crippen LogP contribution in [0.4, 0.5) is 0 Å². The Balaban J connectivity index is 3.08. The van der Waals surface area contributed by atoms with Gasteiger partial charge < -0.3 is 0 Å². The van der Waals surface area contributed by atoms with Crippen molar-refractivity contribution in [2.24, 2.45) is 0 Å². The first-order valence-corrected chi connectivity index (χ1v) is 2.73. The predicted molar refractivity (Wildman–Crippen MR) is 32.0 cm³/mol. The standard InChI is InChI=1S/C5H7N3O/c1-2-4-3-6-8-5(9)7-4/h3H,2H2,1H3,(H,7,8,9). The fourth-order valence-corrected chi connectivity index (χ4v) is 0.517. The largest absolute Gasteiger partial charge is 0.361 e. The summed E-state index contributed by atoms with van der Waals surface area (Å²) < 4.78 is 0. The van der Waals surface area contributed by atoms with Crippen molar-refractivity contribution in [3.63, 3.8) is 0 Å². The van der Waals surface area contributed by atoms with Crippen LogP contribution < -0.4 is 5.69 Å². The average Bonchev–Trinajstić information content (AvgIpc) is 1.88. The number of nitrogens with one attached hydrogen (secondary N) is 1. The Kier molecular flexibility index (Phi) is 1.58. The van der Waals surface area contributed by atoms with Crippen LogP contribution >= 0.6 is 0 Å². The maximum absolute atomic E-state index is 10.4. The van der Waals surface area contributed by atoms with Crippen molar-refractivity contribution in [1.29, 1.82) is 0 Å². The first-order chi connectivity index (χ1) is 4.33. The van der Waals surface area contributed by atoms with Crippen LogP contribution in [0.1, 0.15) is 12.6 Å². The topological polar surface area (TPSA) is 58.6 Å². The summed E-state index contributed by atoms with van der Waals surface area (Å²) in [5, 5.41) is 5.74. The van der Waals surface area contributed by atoms with Crippen molar-refractivity contribution in [3.8, 4) is 0 Å². The fourth-order valence-electron chi connectivity index (χ4n) is 0.517. The van der Waals surface area contributed by atoms with Gasteiger partial charge >= 0.3 is 5.69 Å². The summed E-state index contributed by atoms with van der Waals surface area (Å²) in [5.74, 6) is 0. The fraction of sp³-hybridized carbons (Fsp3) is 0.400. The maximum atomic E-state index is 10.4. The molecule has 0 radical (unpaired) electrons. The lowest BCUT2D eigenvalue weighted by Gasteiger charge is -1.87. The third-order valence-electron chi connectivity index (χ3n) is 0.981. The Hall–Kier alpha value is -1.19. The van der Waals surface area contributed by atoms with Gasteiger partial charge in [-0.05, 0) is 6.42 Å². The third-order valence-corrected chi connectivity index (χ3v) is 0.981. The highest BCUT2D eigenvalue weighted by Crippen LogP contribution is 1.83. The number of rotatable bonds is 1. The Morgan fingerprint density at radius 2 is 2.56 bits per heavy atom. The van der Waals surface area contributed by atoms with Crippen molar-refractivity contribution in [2.75, 3.05) is 0 Å². The first kappa shape index (κ1) is 5.94. The van der Waals surface area contributed by atoms with Crippen molar-refractivity contribution in [1.82, 2.24) is 15.2 Å². The van der Waals surface area contributed by atoms with Gasteiger partial charge in [-0.15, -0.1) is 0 Å². The highest BCUT2D eigenvalue weighted by molar-refractivity contribution is 4.89. The molecule has 48 valence electrons. The van der Waals surface area contributed by atoms with Gasteiger partial charge in [-0.2, -0.15) is 10.1 Å². The molecule has 0 unspecified atom stereocenters. The van der Waals surface area contributed by atoms with Gasteiger partial charge in [-0.1, -0.05) is 6.92 Å². The summed E-state index contributed by atoms with van der Waals surface area (Å²) in [4.78, 5) is 14.0. The van der Waals surface area contributed by atoms with E-state index in [1.807, 2.05) is 6.92 Å². The second kappa shape index (κ2) is 2.39. The molecule has 0 aromatic carbocycles. The van der Waals surface area contributed by atoms with E-state index in [1.54, 1.807) is 6.20 Å². The third kappa shape index (κ3) is 1.35. The molecule has 1 aromatic heterocycles. The number of aryl methyl sites for hydroxylation is 1. The van der Waals surface area contributed by atoms with Crippen LogP contribution in [0.5, 0.6) is 0 Å². The van der Waals surface area contributed by atoms with Crippen LogP contribution in [0, 0.1) is 0 Å². The number of H-pyrrole nitrogens is 1. The Bertz CT molecular complexity index is 242. The molecule has 4 nitrogen and oxygen atoms in total. The summed E-state index contributed by atoms with van der Waals surface area (Å²) in [6, 6.07) is 0. The van der Waals surface area contributed by atoms with Crippen LogP contribution in [-0.2, 0) is 6.42 Å². The van der Waals surface area contributed by atoms with Crippen molar-refractivity contribution < 1.29 is 0 Å². The van der Waals surface area contributed by atoms with Gasteiger partial charge in [0.15, 0.2) is 0 Å². The SMILES string of the molecule is CCc1cn[nH]c(=O)n1. The van der Waals surface area contributed by atoms with Gasteiger partial charge in [0.05, 0.1) is 11.9 Å². The van der Waals surface area contributed by atoms with Crippen molar-refractivity contribution in [3.05, 3.63) is 22.4 Å². The van der Waals surface area contributed by atoms with Crippen LogP contribution in [0.3, 0.4) is 0 Å². The van der Waals surface area contributed by atoms with Crippen LogP contribution in [0.25, 0.3) is 0 Å². The Labute approximate surface area is 52.0 Å². The lowest BCUT2D eigenvalue weighted by molar-refractivity contribution is 0.856. The maximum Gasteiger partial charge on any atom is 0.361 e. The molecule has 0 aliphatic rings. The van der Waals surface area contributed by atoms with Crippen molar-refractivity contribution in [2.45, 2.75) is 13.3 Å². The molecule has 1 aromatic rings. The molecule has 0 amide bonds. The molecule has 1 rings (SSSR count). The second-order valence-electron chi connectivity index (χ2n) is 1.63. The van der Waals surface area contributed by atoms with Crippen LogP contribution in [-0.4, -0.2) is 15.2 Å². The summed E-state index contributed by atoms with van der Waals surface area (Å²) >= 11 is 0. The van der Waals surface area contributed by atoms with E-state index < -0.39 is 0 Å². The van der Waals surface area contributed by atoms with E-state index in [2.05, 4.69) is 15.2 Å². The molecule has 0 fully saturated rings. The average molecular weight is 125 g/mol. The quantitative estimate of drug-likeness (QED) is 0.562. The van der Waals surface area contributed by atoms with Gasteiger partial charge in [0.1, 0.15) is 0 Å². The zero-order chi connectivity index (χ0) is 6.69. The molecular weight excluding hydrogens is 118 g/mol. The number of aromatic amines is 1. The van der Waals surface area contributed by atoms with E-state index in [1.165, 1.54) is 0 Å². The lowest BCUT2D eigenvalue weighted by atomic mass is 10.4. The first-order valence-electron chi connectivity index (χ1n) is 2.73. The molecule has 0 spiro atoms. The van der Waals surface area contributed by atoms with E-state index in [9.17, 15) is 4.79 Å². The molecule has 0 saturated carbocycles. The van der Waals surface area contributed by atoms with Gasteiger partial charge in [-0.25, -0.2) is 9.89 Å². The van der Waals surface area contributed by atoms with E-state index in [-0.39, 0.29) is 5.69 Å². The van der Waals surface area contributed by atoms with Crippen LogP contribution in [0.15, 0.2) is 11.0 Å². The molecule has 0 bridgehead atoms. The summed E-state index contributed by atoms with van der Waals surface area (Å²) in [5.41, 5.74) is 0.341. The van der Waals surface area contributed by atoms with Crippen LogP contribution in [0.2, 0.25) is 0 Å². The highest BCUT2D eigenvalue weighted by atomic mass is 16.1. The smallest absolute Gasteiger partial charge is 0.244 e. The summed E-state index contributed by atoms with van der Waals surface area (Å²) in [6.45, 7) is 1.92. The van der Waals surface area contributed by atoms with Gasteiger partial charge in [-0.3, -0.25) is 0 Å². The normalized spacial score (nSPS) is 9.44. The lowest BCUT2D eigenvalue weighted by Crippen LogP contribution is -2.13. The van der Waals surface area contributed by atoms with Crippen molar-refractivity contribution >= 4 is 0 Å². The zero-order valence-corrected chi connectivity index (χ0v) is 5.09. The van der Waals surface area contributed by atoms with Gasteiger partial charge in [0.2, 0.25) is 0 Å². The predicted octanol–water partition coefficient (Wildman–Crippen LogP) is -0.273. The molecule has 9 heavy (non-hydrogen) atoms. The molecule has 1 heterocycles. The van der Waals surface area contributed by atoms with Gasteiger partial charge in [0, 0.05) is 0 Å². The van der Waals surface area contributed by atoms with E-state index in [4.69, 9.17) is 0 Å². The molecule has 0 saturated heterocycles.